The highest BCUT2D eigenvalue weighted by atomic mass is 19.1. The topological polar surface area (TPSA) is 26.0 Å². The number of rotatable bonds is 1. The first-order valence-corrected chi connectivity index (χ1v) is 4.41. The molecule has 1 atom stereocenters. The van der Waals surface area contributed by atoms with Gasteiger partial charge in [0.1, 0.15) is 6.17 Å². The van der Waals surface area contributed by atoms with Gasteiger partial charge in [-0.15, -0.1) is 0 Å². The van der Waals surface area contributed by atoms with Gasteiger partial charge in [0.05, 0.1) is 0 Å². The first kappa shape index (κ1) is 10.0. The van der Waals surface area contributed by atoms with E-state index in [9.17, 15) is 4.39 Å². The zero-order chi connectivity index (χ0) is 10.1. The first-order chi connectivity index (χ1) is 5.93. The molecule has 0 heterocycles. The highest BCUT2D eigenvalue weighted by molar-refractivity contribution is 5.48. The minimum absolute atomic E-state index is 0.393. The molecule has 1 aromatic rings. The van der Waals surface area contributed by atoms with Crippen LogP contribution >= 0.6 is 0 Å². The van der Waals surface area contributed by atoms with Gasteiger partial charge in [-0.05, 0) is 11.5 Å². The molecule has 1 unspecified atom stereocenters. The van der Waals surface area contributed by atoms with Gasteiger partial charge in [0.25, 0.3) is 0 Å². The monoisotopic (exact) mass is 181 g/mol. The SMILES string of the molecule is CC(C)(C)C(F)c1ccccc1N. The fourth-order valence-corrected chi connectivity index (χ4v) is 1.21. The minimum Gasteiger partial charge on any atom is -0.398 e. The smallest absolute Gasteiger partial charge is 0.132 e. The average molecular weight is 181 g/mol. The van der Waals surface area contributed by atoms with Crippen molar-refractivity contribution >= 4 is 5.69 Å². The molecule has 0 radical (unpaired) electrons. The summed E-state index contributed by atoms with van der Waals surface area (Å²) < 4.78 is 13.8. The summed E-state index contributed by atoms with van der Waals surface area (Å²) in [5.41, 5.74) is 6.41. The molecule has 0 aliphatic rings. The maximum absolute atomic E-state index is 13.8. The van der Waals surface area contributed by atoms with Crippen LogP contribution in [0.2, 0.25) is 0 Å². The summed E-state index contributed by atoms with van der Waals surface area (Å²) >= 11 is 0. The van der Waals surface area contributed by atoms with E-state index in [1.807, 2.05) is 32.9 Å². The normalized spacial score (nSPS) is 14.2. The summed E-state index contributed by atoms with van der Waals surface area (Å²) in [5, 5.41) is 0. The van der Waals surface area contributed by atoms with Crippen molar-refractivity contribution < 1.29 is 4.39 Å². The first-order valence-electron chi connectivity index (χ1n) is 4.41. The van der Waals surface area contributed by atoms with Crippen LogP contribution in [0.4, 0.5) is 10.1 Å². The number of benzene rings is 1. The Bertz CT molecular complexity index is 288. The van der Waals surface area contributed by atoms with Crippen LogP contribution in [0.15, 0.2) is 24.3 Å². The van der Waals surface area contributed by atoms with Crippen LogP contribution in [0, 0.1) is 5.41 Å². The molecule has 0 bridgehead atoms. The molecular formula is C11H16FN. The van der Waals surface area contributed by atoms with E-state index in [2.05, 4.69) is 0 Å². The Kier molecular flexibility index (Phi) is 2.60. The van der Waals surface area contributed by atoms with Crippen LogP contribution in [-0.4, -0.2) is 0 Å². The maximum Gasteiger partial charge on any atom is 0.132 e. The Morgan fingerprint density at radius 3 is 2.23 bits per heavy atom. The molecule has 0 spiro atoms. The molecule has 1 aromatic carbocycles. The molecule has 0 aliphatic carbocycles. The van der Waals surface area contributed by atoms with Gasteiger partial charge in [0.15, 0.2) is 0 Å². The third-order valence-electron chi connectivity index (χ3n) is 2.03. The molecule has 1 rings (SSSR count). The lowest BCUT2D eigenvalue weighted by molar-refractivity contribution is 0.165. The lowest BCUT2D eigenvalue weighted by Gasteiger charge is -2.24. The number of hydrogen-bond donors (Lipinski definition) is 1. The standard InChI is InChI=1S/C11H16FN/c1-11(2,3)10(12)8-6-4-5-7-9(8)13/h4-7,10H,13H2,1-3H3. The van der Waals surface area contributed by atoms with Crippen molar-refractivity contribution in [2.45, 2.75) is 26.9 Å². The zero-order valence-corrected chi connectivity index (χ0v) is 8.34. The van der Waals surface area contributed by atoms with E-state index in [-0.39, 0.29) is 0 Å². The second-order valence-electron chi connectivity index (χ2n) is 4.36. The van der Waals surface area contributed by atoms with E-state index >= 15 is 0 Å². The van der Waals surface area contributed by atoms with Crippen molar-refractivity contribution in [2.24, 2.45) is 5.41 Å². The molecule has 0 saturated carbocycles. The molecule has 0 aromatic heterocycles. The summed E-state index contributed by atoms with van der Waals surface area (Å²) in [4.78, 5) is 0. The summed E-state index contributed by atoms with van der Waals surface area (Å²) in [6.07, 6.45) is -1.01. The van der Waals surface area contributed by atoms with E-state index in [0.29, 0.717) is 11.3 Å². The summed E-state index contributed by atoms with van der Waals surface area (Å²) in [5.74, 6) is 0. The molecule has 72 valence electrons. The number of halogens is 1. The molecular weight excluding hydrogens is 165 g/mol. The summed E-state index contributed by atoms with van der Waals surface area (Å²) in [6.45, 7) is 5.60. The van der Waals surface area contributed by atoms with Crippen molar-refractivity contribution in [1.82, 2.24) is 0 Å². The van der Waals surface area contributed by atoms with Gasteiger partial charge in [0.2, 0.25) is 0 Å². The van der Waals surface area contributed by atoms with Gasteiger partial charge in [-0.3, -0.25) is 0 Å². The van der Waals surface area contributed by atoms with E-state index in [0.717, 1.165) is 0 Å². The lowest BCUT2D eigenvalue weighted by atomic mass is 9.85. The third kappa shape index (κ3) is 2.20. The Hall–Kier alpha value is -1.05. The number of para-hydroxylation sites is 1. The lowest BCUT2D eigenvalue weighted by Crippen LogP contribution is -2.15. The van der Waals surface area contributed by atoms with Gasteiger partial charge in [-0.25, -0.2) is 4.39 Å². The molecule has 2 N–H and O–H groups in total. The number of nitrogen functional groups attached to an aromatic ring is 1. The van der Waals surface area contributed by atoms with Crippen molar-refractivity contribution in [3.63, 3.8) is 0 Å². The Labute approximate surface area is 78.8 Å². The van der Waals surface area contributed by atoms with E-state index in [4.69, 9.17) is 5.73 Å². The summed E-state index contributed by atoms with van der Waals surface area (Å²) in [7, 11) is 0. The fraction of sp³-hybridized carbons (Fsp3) is 0.455. The van der Waals surface area contributed by atoms with Crippen LogP contribution in [-0.2, 0) is 0 Å². The molecule has 0 saturated heterocycles. The quantitative estimate of drug-likeness (QED) is 0.661. The van der Waals surface area contributed by atoms with E-state index in [1.165, 1.54) is 0 Å². The molecule has 13 heavy (non-hydrogen) atoms. The van der Waals surface area contributed by atoms with Crippen molar-refractivity contribution in [1.29, 1.82) is 0 Å². The van der Waals surface area contributed by atoms with Crippen molar-refractivity contribution in [3.05, 3.63) is 29.8 Å². The van der Waals surface area contributed by atoms with Gasteiger partial charge in [-0.2, -0.15) is 0 Å². The molecule has 0 aliphatic heterocycles. The Morgan fingerprint density at radius 2 is 1.77 bits per heavy atom. The molecule has 0 fully saturated rings. The minimum atomic E-state index is -1.01. The summed E-state index contributed by atoms with van der Waals surface area (Å²) in [6, 6.07) is 7.09. The van der Waals surface area contributed by atoms with Crippen LogP contribution in [0.1, 0.15) is 32.5 Å². The Balaban J connectivity index is 3.02. The predicted octanol–water partition coefficient (Wildman–Crippen LogP) is 3.33. The van der Waals surface area contributed by atoms with Crippen LogP contribution in [0.5, 0.6) is 0 Å². The number of hydrogen-bond acceptors (Lipinski definition) is 1. The van der Waals surface area contributed by atoms with Crippen molar-refractivity contribution in [2.75, 3.05) is 5.73 Å². The van der Waals surface area contributed by atoms with Crippen LogP contribution in [0.3, 0.4) is 0 Å². The van der Waals surface area contributed by atoms with E-state index < -0.39 is 11.6 Å². The highest BCUT2D eigenvalue weighted by Crippen LogP contribution is 2.38. The molecule has 2 heteroatoms. The molecule has 0 amide bonds. The molecule has 1 nitrogen and oxygen atoms in total. The van der Waals surface area contributed by atoms with Gasteiger partial charge in [-0.1, -0.05) is 39.0 Å². The van der Waals surface area contributed by atoms with E-state index in [1.54, 1.807) is 12.1 Å². The second kappa shape index (κ2) is 3.36. The fourth-order valence-electron chi connectivity index (χ4n) is 1.21. The zero-order valence-electron chi connectivity index (χ0n) is 8.34. The number of anilines is 1. The largest absolute Gasteiger partial charge is 0.398 e. The highest BCUT2D eigenvalue weighted by Gasteiger charge is 2.26. The second-order valence-corrected chi connectivity index (χ2v) is 4.36. The van der Waals surface area contributed by atoms with Gasteiger partial charge in [0, 0.05) is 11.3 Å². The Morgan fingerprint density at radius 1 is 1.23 bits per heavy atom. The van der Waals surface area contributed by atoms with Gasteiger partial charge < -0.3 is 5.73 Å². The third-order valence-corrected chi connectivity index (χ3v) is 2.03. The van der Waals surface area contributed by atoms with Crippen LogP contribution in [0.25, 0.3) is 0 Å². The number of nitrogens with two attached hydrogens (primary N) is 1. The van der Waals surface area contributed by atoms with Crippen LogP contribution < -0.4 is 5.73 Å². The number of alkyl halides is 1. The predicted molar refractivity (Wildman–Crippen MR) is 54.2 cm³/mol. The average Bonchev–Trinajstić information content (AvgIpc) is 2.02. The maximum atomic E-state index is 13.8. The van der Waals surface area contributed by atoms with Gasteiger partial charge >= 0.3 is 0 Å². The van der Waals surface area contributed by atoms with Crippen molar-refractivity contribution in [3.8, 4) is 0 Å².